The predicted molar refractivity (Wildman–Crippen MR) is 136 cm³/mol. The number of nitrogens with one attached hydrogen (secondary N) is 1. The molecule has 35 heavy (non-hydrogen) atoms. The Morgan fingerprint density at radius 2 is 1.97 bits per heavy atom. The number of quaternary nitrogens is 1. The number of benzene rings is 2. The molecule has 1 N–H and O–H groups in total. The average Bonchev–Trinajstić information content (AvgIpc) is 2.83. The second-order valence-electron chi connectivity index (χ2n) is 10.4. The standard InChI is InChI=1S/C29H36N2O4/c1-4-16-31(3)17-15-29(24-11-8-12-27(18-24)35-22(2)32)19-26(14-13-25(29)20-31)30-28(33)34-21-23-9-6-5-7-10-23/h4-12,18,25-26H,1,13-17,19-21H2,2-3H3/p+1/t25?,26-,29+,31+/m1/s1. The van der Waals surface area contributed by atoms with Crippen molar-refractivity contribution in [3.05, 3.63) is 78.4 Å². The first-order chi connectivity index (χ1) is 16.8. The van der Waals surface area contributed by atoms with E-state index in [1.807, 2.05) is 54.6 Å². The quantitative estimate of drug-likeness (QED) is 0.264. The SMILES string of the molecule is C=CC[N@@+]1(C)CC[C@@]2(c3cccc(OC(C)=O)c3)C[C@H](NC(=O)OCc3ccccc3)CCC2C1. The summed E-state index contributed by atoms with van der Waals surface area (Å²) in [5.74, 6) is 0.723. The number of carbonyl (C=O) groups is 2. The van der Waals surface area contributed by atoms with Crippen molar-refractivity contribution >= 4 is 12.1 Å². The highest BCUT2D eigenvalue weighted by Crippen LogP contribution is 2.50. The zero-order valence-electron chi connectivity index (χ0n) is 20.9. The van der Waals surface area contributed by atoms with Crippen molar-refractivity contribution in [1.82, 2.24) is 5.32 Å². The van der Waals surface area contributed by atoms with Gasteiger partial charge in [0.05, 0.1) is 26.7 Å². The number of hydrogen-bond acceptors (Lipinski definition) is 4. The van der Waals surface area contributed by atoms with E-state index >= 15 is 0 Å². The molecule has 4 atom stereocenters. The Kier molecular flexibility index (Phi) is 7.60. The van der Waals surface area contributed by atoms with E-state index in [-0.39, 0.29) is 30.1 Å². The summed E-state index contributed by atoms with van der Waals surface area (Å²) in [7, 11) is 2.31. The molecule has 0 radical (unpaired) electrons. The van der Waals surface area contributed by atoms with E-state index in [1.165, 1.54) is 12.5 Å². The fourth-order valence-electron chi connectivity index (χ4n) is 6.12. The fraction of sp³-hybridized carbons (Fsp3) is 0.448. The first kappa shape index (κ1) is 25.0. The highest BCUT2D eigenvalue weighted by atomic mass is 16.5. The summed E-state index contributed by atoms with van der Waals surface area (Å²) in [6.45, 7) is 8.71. The van der Waals surface area contributed by atoms with Gasteiger partial charge in [0.1, 0.15) is 12.4 Å². The van der Waals surface area contributed by atoms with Crippen LogP contribution in [0, 0.1) is 5.92 Å². The lowest BCUT2D eigenvalue weighted by Crippen LogP contribution is -2.62. The molecule has 0 bridgehead atoms. The zero-order chi connectivity index (χ0) is 24.9. The van der Waals surface area contributed by atoms with Gasteiger partial charge in [-0.05, 0) is 48.6 Å². The van der Waals surface area contributed by atoms with Gasteiger partial charge >= 0.3 is 12.1 Å². The van der Waals surface area contributed by atoms with Crippen molar-refractivity contribution in [3.8, 4) is 5.75 Å². The van der Waals surface area contributed by atoms with Gasteiger partial charge in [0.2, 0.25) is 0 Å². The molecular formula is C29H37N2O4+. The number of likely N-dealkylation sites (N-methyl/N-ethyl adjacent to an activating group) is 1. The normalized spacial score (nSPS) is 27.8. The van der Waals surface area contributed by atoms with E-state index in [9.17, 15) is 9.59 Å². The van der Waals surface area contributed by atoms with Crippen LogP contribution in [0.25, 0.3) is 0 Å². The number of nitrogens with zero attached hydrogens (tertiary/aromatic N) is 1. The average molecular weight is 478 g/mol. The maximum Gasteiger partial charge on any atom is 0.407 e. The van der Waals surface area contributed by atoms with Crippen molar-refractivity contribution in [2.45, 2.75) is 50.7 Å². The Morgan fingerprint density at radius 3 is 2.71 bits per heavy atom. The van der Waals surface area contributed by atoms with Crippen LogP contribution in [0.4, 0.5) is 4.79 Å². The van der Waals surface area contributed by atoms with Crippen LogP contribution in [0.5, 0.6) is 5.75 Å². The molecular weight excluding hydrogens is 440 g/mol. The second-order valence-corrected chi connectivity index (χ2v) is 10.4. The van der Waals surface area contributed by atoms with Crippen LogP contribution in [0.3, 0.4) is 0 Å². The van der Waals surface area contributed by atoms with Crippen LogP contribution in [0.2, 0.25) is 0 Å². The van der Waals surface area contributed by atoms with Gasteiger partial charge in [-0.2, -0.15) is 0 Å². The number of esters is 1. The maximum absolute atomic E-state index is 12.6. The highest BCUT2D eigenvalue weighted by Gasteiger charge is 2.52. The van der Waals surface area contributed by atoms with Crippen LogP contribution in [0.15, 0.2) is 67.3 Å². The largest absolute Gasteiger partial charge is 0.445 e. The van der Waals surface area contributed by atoms with Gasteiger partial charge in [0.25, 0.3) is 0 Å². The van der Waals surface area contributed by atoms with E-state index in [0.29, 0.717) is 11.7 Å². The Morgan fingerprint density at radius 1 is 1.17 bits per heavy atom. The molecule has 186 valence electrons. The van der Waals surface area contributed by atoms with Crippen LogP contribution < -0.4 is 10.1 Å². The number of rotatable bonds is 7. The van der Waals surface area contributed by atoms with Crippen LogP contribution in [0.1, 0.15) is 43.7 Å². The minimum Gasteiger partial charge on any atom is -0.445 e. The van der Waals surface area contributed by atoms with E-state index in [1.54, 1.807) is 0 Å². The van der Waals surface area contributed by atoms with Gasteiger partial charge < -0.3 is 19.3 Å². The fourth-order valence-corrected chi connectivity index (χ4v) is 6.12. The first-order valence-electron chi connectivity index (χ1n) is 12.5. The molecule has 2 fully saturated rings. The summed E-state index contributed by atoms with van der Waals surface area (Å²) in [5.41, 5.74) is 2.07. The molecule has 6 heteroatoms. The molecule has 1 amide bonds. The van der Waals surface area contributed by atoms with E-state index in [2.05, 4.69) is 25.0 Å². The van der Waals surface area contributed by atoms with Crippen LogP contribution in [-0.4, -0.2) is 49.3 Å². The summed E-state index contributed by atoms with van der Waals surface area (Å²) in [4.78, 5) is 24.2. The number of ether oxygens (including phenoxy) is 2. The summed E-state index contributed by atoms with van der Waals surface area (Å²) < 4.78 is 11.9. The van der Waals surface area contributed by atoms with Crippen molar-refractivity contribution < 1.29 is 23.5 Å². The molecule has 2 aromatic rings. The van der Waals surface area contributed by atoms with Gasteiger partial charge in [-0.3, -0.25) is 4.79 Å². The Labute approximate surface area is 208 Å². The smallest absolute Gasteiger partial charge is 0.407 e. The lowest BCUT2D eigenvalue weighted by molar-refractivity contribution is -0.914. The summed E-state index contributed by atoms with van der Waals surface area (Å²) >= 11 is 0. The third-order valence-corrected chi connectivity index (χ3v) is 7.79. The number of piperidine rings is 1. The Balaban J connectivity index is 1.53. The molecule has 0 aromatic heterocycles. The molecule has 0 spiro atoms. The minimum atomic E-state index is -0.371. The van der Waals surface area contributed by atoms with Gasteiger partial charge in [-0.25, -0.2) is 4.79 Å². The van der Waals surface area contributed by atoms with Crippen molar-refractivity contribution in [3.63, 3.8) is 0 Å². The summed E-state index contributed by atoms with van der Waals surface area (Å²) in [5, 5.41) is 3.14. The van der Waals surface area contributed by atoms with Gasteiger partial charge in [-0.15, -0.1) is 0 Å². The number of alkyl carbamates (subject to hydrolysis) is 1. The molecule has 2 aromatic carbocycles. The molecule has 2 aliphatic rings. The molecule has 1 saturated heterocycles. The summed E-state index contributed by atoms with van der Waals surface area (Å²) in [6.07, 6.45) is 5.43. The maximum atomic E-state index is 12.6. The molecule has 6 nitrogen and oxygen atoms in total. The van der Waals surface area contributed by atoms with Gasteiger partial charge in [-0.1, -0.05) is 49.0 Å². The molecule has 1 aliphatic carbocycles. The number of likely N-dealkylation sites (tertiary alicyclic amines) is 1. The first-order valence-corrected chi connectivity index (χ1v) is 12.5. The zero-order valence-corrected chi connectivity index (χ0v) is 20.9. The molecule has 1 saturated carbocycles. The number of carbonyl (C=O) groups excluding carboxylic acids is 2. The van der Waals surface area contributed by atoms with Crippen molar-refractivity contribution in [2.75, 3.05) is 26.7 Å². The highest BCUT2D eigenvalue weighted by molar-refractivity contribution is 5.69. The van der Waals surface area contributed by atoms with Crippen LogP contribution >= 0.6 is 0 Å². The minimum absolute atomic E-state index is 0.0307. The predicted octanol–water partition coefficient (Wildman–Crippen LogP) is 4.98. The van der Waals surface area contributed by atoms with E-state index in [0.717, 1.165) is 55.4 Å². The number of fused-ring (bicyclic) bond motifs is 1. The number of hydrogen-bond donors (Lipinski definition) is 1. The topological polar surface area (TPSA) is 64.6 Å². The molecule has 4 rings (SSSR count). The van der Waals surface area contributed by atoms with Gasteiger partial charge in [0.15, 0.2) is 0 Å². The lowest BCUT2D eigenvalue weighted by Gasteiger charge is -2.55. The second kappa shape index (κ2) is 10.6. The van der Waals surface area contributed by atoms with Crippen molar-refractivity contribution in [1.29, 1.82) is 0 Å². The van der Waals surface area contributed by atoms with E-state index in [4.69, 9.17) is 9.47 Å². The molecule has 1 aliphatic heterocycles. The summed E-state index contributed by atoms with van der Waals surface area (Å²) in [6, 6.07) is 17.7. The Hall–Kier alpha value is -3.12. The van der Waals surface area contributed by atoms with Crippen LogP contribution in [-0.2, 0) is 21.6 Å². The van der Waals surface area contributed by atoms with Gasteiger partial charge in [0, 0.05) is 30.7 Å². The monoisotopic (exact) mass is 477 g/mol. The number of amides is 1. The molecule has 1 unspecified atom stereocenters. The Bertz CT molecular complexity index is 1060. The third kappa shape index (κ3) is 5.93. The third-order valence-electron chi connectivity index (χ3n) is 7.79. The lowest BCUT2D eigenvalue weighted by atomic mass is 9.57. The molecule has 1 heterocycles. The van der Waals surface area contributed by atoms with Crippen molar-refractivity contribution in [2.24, 2.45) is 5.92 Å². The van der Waals surface area contributed by atoms with E-state index < -0.39 is 0 Å².